The fourth-order valence-electron chi connectivity index (χ4n) is 9.47. The molecule has 0 aliphatic carbocycles. The normalized spacial score (nSPS) is 15.9. The number of phenols is 1. The molecule has 78 heavy (non-hydrogen) atoms. The molecule has 1 unspecified atom stereocenters. The molecule has 6 heterocycles. The van der Waals surface area contributed by atoms with Crippen LogP contribution in [0.3, 0.4) is 0 Å². The lowest BCUT2D eigenvalue weighted by Gasteiger charge is -2.38. The Morgan fingerprint density at radius 2 is 1.32 bits per heavy atom. The van der Waals surface area contributed by atoms with Crippen molar-refractivity contribution in [2.45, 2.75) is 77.5 Å². The molecule has 420 valence electrons. The summed E-state index contributed by atoms with van der Waals surface area (Å²) in [7, 11) is 0. The topological polar surface area (TPSA) is 275 Å². The van der Waals surface area contributed by atoms with Crippen LogP contribution in [0.25, 0.3) is 10.9 Å². The quantitative estimate of drug-likeness (QED) is 0.0359. The number of nitrogens with two attached hydrogens (primary N) is 2. The van der Waals surface area contributed by atoms with E-state index in [1.807, 2.05) is 52.4 Å². The molecule has 8 rings (SSSR count). The number of phenolic OH excluding ortho intramolecular Hbond substituents is 1. The smallest absolute Gasteiger partial charge is 0.248 e. The van der Waals surface area contributed by atoms with Gasteiger partial charge in [0.15, 0.2) is 0 Å². The Morgan fingerprint density at radius 3 is 1.91 bits per heavy atom. The Bertz CT molecular complexity index is 2820. The van der Waals surface area contributed by atoms with Crippen molar-refractivity contribution < 1.29 is 28.9 Å². The molecule has 23 nitrogen and oxygen atoms in total. The number of ether oxygens (including phenoxy) is 3. The largest absolute Gasteiger partial charge is 0.508 e. The van der Waals surface area contributed by atoms with E-state index < -0.39 is 12.1 Å². The maximum Gasteiger partial charge on any atom is 0.248 e. The zero-order valence-electron chi connectivity index (χ0n) is 45.2. The van der Waals surface area contributed by atoms with E-state index in [4.69, 9.17) is 47.1 Å². The fourth-order valence-corrected chi connectivity index (χ4v) is 9.47. The Hall–Kier alpha value is -6.94. The van der Waals surface area contributed by atoms with Crippen molar-refractivity contribution in [3.05, 3.63) is 89.6 Å². The predicted molar refractivity (Wildman–Crippen MR) is 299 cm³/mol. The summed E-state index contributed by atoms with van der Waals surface area (Å²) in [6.07, 6.45) is 11.2. The maximum atomic E-state index is 14.7. The molecule has 0 spiro atoms. The lowest BCUT2D eigenvalue weighted by atomic mass is 9.98. The molecule has 5 atom stereocenters. The molecular formula is C54H76ClN17O6. The zero-order chi connectivity index (χ0) is 54.3. The highest BCUT2D eigenvalue weighted by atomic mass is 35.5. The number of hydrogen-bond acceptors (Lipinski definition) is 18. The number of halogens is 1. The number of rotatable bonds is 27. The molecule has 24 heteroatoms. The minimum atomic E-state index is -0.700. The van der Waals surface area contributed by atoms with Crippen LogP contribution in [0.4, 0.5) is 17.8 Å². The first-order chi connectivity index (χ1) is 37.4. The van der Waals surface area contributed by atoms with Crippen LogP contribution in [-0.2, 0) is 36.6 Å². The molecule has 2 aliphatic rings. The second-order valence-corrected chi connectivity index (χ2v) is 20.2. The number of terminal acetylenes is 1. The number of nitrogens with one attached hydrogen (secondary N) is 2. The van der Waals surface area contributed by atoms with Crippen LogP contribution < -0.4 is 26.6 Å². The van der Waals surface area contributed by atoms with E-state index >= 15 is 0 Å². The van der Waals surface area contributed by atoms with Gasteiger partial charge in [-0.2, -0.15) is 15.0 Å². The molecule has 2 fully saturated rings. The van der Waals surface area contributed by atoms with Gasteiger partial charge in [-0.05, 0) is 53.5 Å². The highest BCUT2D eigenvalue weighted by molar-refractivity contribution is 5.85. The van der Waals surface area contributed by atoms with E-state index in [2.05, 4.69) is 80.4 Å². The number of carbonyl (C=O) groups is 2. The number of aromatic hydroxyl groups is 1. The summed E-state index contributed by atoms with van der Waals surface area (Å²) in [5.74, 6) is 4.23. The van der Waals surface area contributed by atoms with E-state index in [0.29, 0.717) is 140 Å². The second-order valence-electron chi connectivity index (χ2n) is 20.2. The minimum Gasteiger partial charge on any atom is -0.508 e. The summed E-state index contributed by atoms with van der Waals surface area (Å²) < 4.78 is 19.9. The van der Waals surface area contributed by atoms with E-state index in [1.54, 1.807) is 27.7 Å². The monoisotopic (exact) mass is 1090 g/mol. The van der Waals surface area contributed by atoms with Gasteiger partial charge in [-0.25, -0.2) is 9.36 Å². The van der Waals surface area contributed by atoms with Crippen LogP contribution in [-0.4, -0.2) is 175 Å². The van der Waals surface area contributed by atoms with Gasteiger partial charge in [0.25, 0.3) is 0 Å². The lowest BCUT2D eigenvalue weighted by molar-refractivity contribution is -0.136. The number of nitrogens with zero attached hydrogens (tertiary/aromatic N) is 13. The van der Waals surface area contributed by atoms with Crippen molar-refractivity contribution in [1.29, 1.82) is 0 Å². The summed E-state index contributed by atoms with van der Waals surface area (Å²) in [6.45, 7) is 14.5. The number of anilines is 3. The third-order valence-electron chi connectivity index (χ3n) is 14.2. The van der Waals surface area contributed by atoms with Crippen molar-refractivity contribution >= 4 is 53.0 Å². The van der Waals surface area contributed by atoms with Gasteiger partial charge < -0.3 is 60.7 Å². The summed E-state index contributed by atoms with van der Waals surface area (Å²) in [4.78, 5) is 55.4. The molecule has 0 saturated carbocycles. The molecule has 0 bridgehead atoms. The summed E-state index contributed by atoms with van der Waals surface area (Å²) >= 11 is 0. The number of aromatic nitrogens is 10. The second kappa shape index (κ2) is 28.6. The summed E-state index contributed by atoms with van der Waals surface area (Å²) in [6, 6.07) is 15.0. The van der Waals surface area contributed by atoms with Crippen molar-refractivity contribution in [2.75, 3.05) is 114 Å². The number of H-pyrrole nitrogens is 1. The van der Waals surface area contributed by atoms with E-state index in [9.17, 15) is 14.7 Å². The molecule has 7 N–H and O–H groups in total. The molecule has 2 aliphatic heterocycles. The standard InChI is InChI=1S/C54H75N17O6.ClH/c1-6-25-75-27-29-77-30-28-76-26-16-57-52-59-53(68-21-17-66(18-22-68)50(73)47(32-39-12-14-42(72)15-13-39)71-36-46(63-65-71)49(56)38(5)7-2)61-54(60-52)69-23-19-67(20-24-69)51(74)48(34-41-33-40-10-8-9-11-44(40)58-41)70-35-45(62-64-70)43(55)31-37(3)4;/h1,8-15,33,35-38,43,47-49,58,72H,7,16-32,34,55-56H2,2-5H3,(H,57,59,60,61);1H/t38?,43-,47-,48-,49-;/m0./s1. The highest BCUT2D eigenvalue weighted by Crippen LogP contribution is 2.28. The molecule has 0 radical (unpaired) electrons. The Labute approximate surface area is 462 Å². The average molecular weight is 1090 g/mol. The number of fused-ring (bicyclic) bond motifs is 1. The number of aromatic amines is 1. The van der Waals surface area contributed by atoms with Crippen molar-refractivity contribution in [3.63, 3.8) is 0 Å². The number of carbonyl (C=O) groups excluding carboxylic acids is 2. The Morgan fingerprint density at radius 1 is 0.756 bits per heavy atom. The Balaban J connectivity index is 0.00000882. The van der Waals surface area contributed by atoms with E-state index in [0.717, 1.165) is 35.0 Å². The summed E-state index contributed by atoms with van der Waals surface area (Å²) in [5, 5.41) is 32.1. The third-order valence-corrected chi connectivity index (χ3v) is 14.2. The number of hydrogen-bond donors (Lipinski definition) is 5. The molecule has 2 saturated heterocycles. The van der Waals surface area contributed by atoms with Crippen LogP contribution in [0.1, 0.15) is 87.3 Å². The van der Waals surface area contributed by atoms with Crippen LogP contribution >= 0.6 is 12.4 Å². The zero-order valence-corrected chi connectivity index (χ0v) is 46.0. The van der Waals surface area contributed by atoms with Gasteiger partial charge in [-0.1, -0.05) is 80.8 Å². The van der Waals surface area contributed by atoms with Crippen LogP contribution in [0.2, 0.25) is 0 Å². The van der Waals surface area contributed by atoms with Crippen LogP contribution in [0, 0.1) is 24.2 Å². The van der Waals surface area contributed by atoms with Gasteiger partial charge in [0.1, 0.15) is 24.4 Å². The first kappa shape index (κ1) is 58.7. The van der Waals surface area contributed by atoms with Crippen LogP contribution in [0.5, 0.6) is 5.75 Å². The lowest BCUT2D eigenvalue weighted by Crippen LogP contribution is -2.52. The number of amides is 2. The van der Waals surface area contributed by atoms with Gasteiger partial charge >= 0.3 is 0 Å². The SMILES string of the molecule is C#CCOCCOCCOCCNc1nc(N2CCN(C(=O)[C@H](Cc3ccc(O)cc3)n3cc([C@@H](N)C(C)CC)nn3)CC2)nc(N2CCN(C(=O)[C@H](Cc3cc4ccccc4[nH]3)n3cc([C@@H](N)CC(C)C)nn3)CC2)n1.Cl. The van der Waals surface area contributed by atoms with Crippen molar-refractivity contribution in [1.82, 2.24) is 59.7 Å². The van der Waals surface area contributed by atoms with Gasteiger partial charge in [0.2, 0.25) is 29.7 Å². The first-order valence-corrected chi connectivity index (χ1v) is 26.8. The van der Waals surface area contributed by atoms with Gasteiger partial charge in [-0.15, -0.1) is 29.0 Å². The molecular weight excluding hydrogens is 1020 g/mol. The number of piperazine rings is 2. The first-order valence-electron chi connectivity index (χ1n) is 26.8. The van der Waals surface area contributed by atoms with Crippen molar-refractivity contribution in [3.8, 4) is 18.1 Å². The van der Waals surface area contributed by atoms with Gasteiger partial charge in [0, 0.05) is 83.0 Å². The van der Waals surface area contributed by atoms with Crippen molar-refractivity contribution in [2.24, 2.45) is 23.3 Å². The highest BCUT2D eigenvalue weighted by Gasteiger charge is 2.34. The van der Waals surface area contributed by atoms with E-state index in [1.165, 1.54) is 0 Å². The fraction of sp³-hybridized carbons (Fsp3) is 0.537. The van der Waals surface area contributed by atoms with E-state index in [-0.39, 0.29) is 54.6 Å². The van der Waals surface area contributed by atoms with Gasteiger partial charge in [0.05, 0.1) is 68.9 Å². The molecule has 2 aromatic carbocycles. The van der Waals surface area contributed by atoms with Gasteiger partial charge in [-0.3, -0.25) is 9.59 Å². The molecule has 2 amide bonds. The minimum absolute atomic E-state index is 0. The number of benzene rings is 2. The maximum absolute atomic E-state index is 14.7. The average Bonchev–Trinajstić information content (AvgIpc) is 4.28. The van der Waals surface area contributed by atoms with Crippen LogP contribution in [0.15, 0.2) is 67.0 Å². The summed E-state index contributed by atoms with van der Waals surface area (Å²) in [5.41, 5.74) is 17.1. The number of para-hydroxylation sites is 1. The molecule has 4 aromatic heterocycles. The predicted octanol–water partition coefficient (Wildman–Crippen LogP) is 4.12. The molecule has 6 aromatic rings. The Kier molecular flexibility index (Phi) is 21.5. The third kappa shape index (κ3) is 15.6.